The quantitative estimate of drug-likeness (QED) is 0.488. The van der Waals surface area contributed by atoms with E-state index in [0.29, 0.717) is 35.7 Å². The van der Waals surface area contributed by atoms with Gasteiger partial charge in [0.1, 0.15) is 11.9 Å². The van der Waals surface area contributed by atoms with Crippen LogP contribution in [-0.2, 0) is 6.54 Å². The van der Waals surface area contributed by atoms with E-state index in [2.05, 4.69) is 41.3 Å². The summed E-state index contributed by atoms with van der Waals surface area (Å²) in [7, 11) is 2.06. The number of carbonyl (C=O) groups is 2. The highest BCUT2D eigenvalue weighted by atomic mass is 16.5. The molecule has 1 aliphatic rings. The van der Waals surface area contributed by atoms with E-state index in [9.17, 15) is 14.7 Å². The van der Waals surface area contributed by atoms with Gasteiger partial charge in [-0.15, -0.1) is 0 Å². The van der Waals surface area contributed by atoms with Gasteiger partial charge in [-0.2, -0.15) is 0 Å². The lowest BCUT2D eigenvalue weighted by molar-refractivity contribution is 0.0341. The summed E-state index contributed by atoms with van der Waals surface area (Å²) in [6.45, 7) is 5.63. The van der Waals surface area contributed by atoms with Crippen molar-refractivity contribution in [2.24, 2.45) is 5.92 Å². The van der Waals surface area contributed by atoms with E-state index in [1.165, 1.54) is 5.56 Å². The predicted octanol–water partition coefficient (Wildman–Crippen LogP) is 3.69. The molecule has 0 saturated heterocycles. The Morgan fingerprint density at radius 1 is 1.19 bits per heavy atom. The van der Waals surface area contributed by atoms with Crippen molar-refractivity contribution in [3.05, 3.63) is 89.7 Å². The molecule has 0 bridgehead atoms. The number of hydrogen-bond acceptors (Lipinski definition) is 6. The summed E-state index contributed by atoms with van der Waals surface area (Å²) in [6, 6.07) is 18.3. The van der Waals surface area contributed by atoms with Crippen molar-refractivity contribution in [1.29, 1.82) is 0 Å². The summed E-state index contributed by atoms with van der Waals surface area (Å²) in [4.78, 5) is 34.1. The lowest BCUT2D eigenvalue weighted by Gasteiger charge is -2.38. The minimum absolute atomic E-state index is 0.0235. The van der Waals surface area contributed by atoms with E-state index in [1.807, 2.05) is 25.1 Å². The molecular formula is C29H34N4O4. The SMILES string of the molecule is C[C@@H]1CN([C@@H](C)CO)C(=O)c2cc(NC(=O)c3ccncc3)ccc2O[C@@H]1CN(C)Cc1ccccc1. The first kappa shape index (κ1) is 26.3. The Hall–Kier alpha value is -3.75. The molecule has 0 spiro atoms. The minimum Gasteiger partial charge on any atom is -0.488 e. The number of amides is 2. The molecule has 1 aromatic heterocycles. The van der Waals surface area contributed by atoms with E-state index in [4.69, 9.17) is 4.74 Å². The standard InChI is InChI=1S/C29H34N4O4/c1-20-16-33(21(2)19-34)29(36)25-15-24(31-28(35)23-11-13-30-14-12-23)9-10-26(25)37-27(20)18-32(3)17-22-7-5-4-6-8-22/h4-15,20-21,27,34H,16-19H2,1-3H3,(H,31,35)/t20-,21+,27-/m1/s1. The topological polar surface area (TPSA) is 95.0 Å². The van der Waals surface area contributed by atoms with E-state index in [0.717, 1.165) is 6.54 Å². The van der Waals surface area contributed by atoms with Crippen molar-refractivity contribution in [3.63, 3.8) is 0 Å². The van der Waals surface area contributed by atoms with Crippen molar-refractivity contribution in [1.82, 2.24) is 14.8 Å². The van der Waals surface area contributed by atoms with Gasteiger partial charge in [0, 0.05) is 49.2 Å². The molecular weight excluding hydrogens is 468 g/mol. The fourth-order valence-corrected chi connectivity index (χ4v) is 4.49. The summed E-state index contributed by atoms with van der Waals surface area (Å²) in [5.74, 6) is -0.0437. The number of rotatable bonds is 8. The largest absolute Gasteiger partial charge is 0.488 e. The second kappa shape index (κ2) is 12.0. The van der Waals surface area contributed by atoms with Gasteiger partial charge in [-0.3, -0.25) is 19.5 Å². The number of pyridine rings is 1. The first-order chi connectivity index (χ1) is 17.9. The number of aliphatic hydroxyl groups is 1. The number of anilines is 1. The highest BCUT2D eigenvalue weighted by Gasteiger charge is 2.33. The zero-order valence-electron chi connectivity index (χ0n) is 21.5. The molecule has 0 fully saturated rings. The normalized spacial score (nSPS) is 18.4. The molecule has 1 aliphatic heterocycles. The van der Waals surface area contributed by atoms with Crippen LogP contribution in [0.1, 0.15) is 40.1 Å². The van der Waals surface area contributed by atoms with Crippen LogP contribution < -0.4 is 10.1 Å². The van der Waals surface area contributed by atoms with Crippen LogP contribution >= 0.6 is 0 Å². The highest BCUT2D eigenvalue weighted by Crippen LogP contribution is 2.31. The van der Waals surface area contributed by atoms with E-state index in [-0.39, 0.29) is 36.5 Å². The molecule has 0 unspecified atom stereocenters. The Balaban J connectivity index is 1.60. The van der Waals surface area contributed by atoms with Gasteiger partial charge in [0.15, 0.2) is 0 Å². The maximum absolute atomic E-state index is 13.6. The Labute approximate surface area is 217 Å². The number of nitrogens with zero attached hydrogens (tertiary/aromatic N) is 3. The molecule has 8 nitrogen and oxygen atoms in total. The third-order valence-electron chi connectivity index (χ3n) is 6.65. The van der Waals surface area contributed by atoms with Gasteiger partial charge < -0.3 is 20.1 Å². The number of ether oxygens (including phenoxy) is 1. The number of carbonyl (C=O) groups excluding carboxylic acids is 2. The summed E-state index contributed by atoms with van der Waals surface area (Å²) >= 11 is 0. The third kappa shape index (κ3) is 6.53. The lowest BCUT2D eigenvalue weighted by atomic mass is 9.99. The molecule has 2 aromatic carbocycles. The van der Waals surface area contributed by atoms with Crippen LogP contribution in [0.2, 0.25) is 0 Å². The first-order valence-corrected chi connectivity index (χ1v) is 12.5. The Morgan fingerprint density at radius 3 is 2.62 bits per heavy atom. The second-order valence-electron chi connectivity index (χ2n) is 9.71. The van der Waals surface area contributed by atoms with Gasteiger partial charge in [0.05, 0.1) is 18.2 Å². The molecule has 4 rings (SSSR count). The molecule has 2 N–H and O–H groups in total. The lowest BCUT2D eigenvalue weighted by Crippen LogP contribution is -2.49. The summed E-state index contributed by atoms with van der Waals surface area (Å²) < 4.78 is 6.46. The fraction of sp³-hybridized carbons (Fsp3) is 0.345. The number of nitrogens with one attached hydrogen (secondary N) is 1. The van der Waals surface area contributed by atoms with Gasteiger partial charge in [0.2, 0.25) is 0 Å². The average molecular weight is 503 g/mol. The molecule has 3 atom stereocenters. The number of aromatic nitrogens is 1. The highest BCUT2D eigenvalue weighted by molar-refractivity contribution is 6.05. The van der Waals surface area contributed by atoms with Crippen molar-refractivity contribution in [2.75, 3.05) is 32.1 Å². The van der Waals surface area contributed by atoms with Gasteiger partial charge in [-0.25, -0.2) is 0 Å². The monoisotopic (exact) mass is 502 g/mol. The van der Waals surface area contributed by atoms with Gasteiger partial charge >= 0.3 is 0 Å². The Morgan fingerprint density at radius 2 is 1.92 bits per heavy atom. The number of fused-ring (bicyclic) bond motifs is 1. The zero-order valence-corrected chi connectivity index (χ0v) is 21.5. The van der Waals surface area contributed by atoms with Crippen LogP contribution in [0, 0.1) is 5.92 Å². The predicted molar refractivity (Wildman–Crippen MR) is 143 cm³/mol. The van der Waals surface area contributed by atoms with Gasteiger partial charge in [-0.1, -0.05) is 37.3 Å². The van der Waals surface area contributed by atoms with Crippen molar-refractivity contribution >= 4 is 17.5 Å². The number of likely N-dealkylation sites (N-methyl/N-ethyl adjacent to an activating group) is 1. The van der Waals surface area contributed by atoms with Crippen molar-refractivity contribution in [2.45, 2.75) is 32.5 Å². The summed E-state index contributed by atoms with van der Waals surface area (Å²) in [6.07, 6.45) is 2.92. The molecule has 0 aliphatic carbocycles. The number of hydrogen-bond donors (Lipinski definition) is 2. The van der Waals surface area contributed by atoms with E-state index < -0.39 is 0 Å². The number of benzene rings is 2. The molecule has 2 amide bonds. The maximum Gasteiger partial charge on any atom is 0.258 e. The number of aliphatic hydroxyl groups excluding tert-OH is 1. The third-order valence-corrected chi connectivity index (χ3v) is 6.65. The minimum atomic E-state index is -0.362. The molecule has 2 heterocycles. The van der Waals surface area contributed by atoms with E-state index >= 15 is 0 Å². The molecule has 37 heavy (non-hydrogen) atoms. The van der Waals surface area contributed by atoms with Crippen LogP contribution in [0.25, 0.3) is 0 Å². The summed E-state index contributed by atoms with van der Waals surface area (Å²) in [5, 5.41) is 12.7. The zero-order chi connectivity index (χ0) is 26.4. The Kier molecular flexibility index (Phi) is 8.53. The Bertz CT molecular complexity index is 1210. The van der Waals surface area contributed by atoms with Crippen LogP contribution in [0.15, 0.2) is 73.1 Å². The molecule has 194 valence electrons. The van der Waals surface area contributed by atoms with E-state index in [1.54, 1.807) is 47.6 Å². The van der Waals surface area contributed by atoms with Crippen LogP contribution in [0.4, 0.5) is 5.69 Å². The fourth-order valence-electron chi connectivity index (χ4n) is 4.49. The van der Waals surface area contributed by atoms with Crippen molar-refractivity contribution in [3.8, 4) is 5.75 Å². The smallest absolute Gasteiger partial charge is 0.258 e. The maximum atomic E-state index is 13.6. The van der Waals surface area contributed by atoms with Gasteiger partial charge in [-0.05, 0) is 49.9 Å². The van der Waals surface area contributed by atoms with Crippen LogP contribution in [0.5, 0.6) is 5.75 Å². The van der Waals surface area contributed by atoms with Crippen LogP contribution in [-0.4, -0.2) is 70.6 Å². The molecule has 8 heteroatoms. The molecule has 3 aromatic rings. The van der Waals surface area contributed by atoms with Crippen molar-refractivity contribution < 1.29 is 19.4 Å². The average Bonchev–Trinajstić information content (AvgIpc) is 2.91. The summed E-state index contributed by atoms with van der Waals surface area (Å²) in [5.41, 5.74) is 2.52. The second-order valence-corrected chi connectivity index (χ2v) is 9.71. The van der Waals surface area contributed by atoms with Gasteiger partial charge in [0.25, 0.3) is 11.8 Å². The van der Waals surface area contributed by atoms with Crippen LogP contribution in [0.3, 0.4) is 0 Å². The molecule has 0 radical (unpaired) electrons. The first-order valence-electron chi connectivity index (χ1n) is 12.5. The molecule has 0 saturated carbocycles.